The molecule has 5 nitrogen and oxygen atoms in total. The van der Waals surface area contributed by atoms with E-state index in [4.69, 9.17) is 21.6 Å². The number of H-pyrrole nitrogens is 1. The molecule has 0 aliphatic carbocycles. The Balaban J connectivity index is 1.53. The van der Waals surface area contributed by atoms with E-state index in [1.165, 1.54) is 11.3 Å². The molecule has 24 heavy (non-hydrogen) atoms. The first-order valence-electron chi connectivity index (χ1n) is 8.00. The van der Waals surface area contributed by atoms with Gasteiger partial charge in [-0.05, 0) is 31.3 Å². The number of rotatable bonds is 3. The maximum Gasteiger partial charge on any atom is 0.226 e. The number of nitrogens with one attached hydrogen (secondary N) is 1. The molecular weight excluding hydrogens is 320 g/mol. The Kier molecular flexibility index (Phi) is 4.00. The van der Waals surface area contributed by atoms with Gasteiger partial charge in [-0.3, -0.25) is 4.90 Å². The van der Waals surface area contributed by atoms with E-state index in [0.29, 0.717) is 10.7 Å². The van der Waals surface area contributed by atoms with Crippen LogP contribution < -0.4 is 0 Å². The van der Waals surface area contributed by atoms with Crippen LogP contribution in [0.3, 0.4) is 0 Å². The van der Waals surface area contributed by atoms with Crippen molar-refractivity contribution in [2.75, 3.05) is 6.54 Å². The predicted octanol–water partition coefficient (Wildman–Crippen LogP) is 3.66. The van der Waals surface area contributed by atoms with Crippen molar-refractivity contribution in [2.45, 2.75) is 26.4 Å². The van der Waals surface area contributed by atoms with Gasteiger partial charge in [-0.2, -0.15) is 0 Å². The van der Waals surface area contributed by atoms with Crippen LogP contribution in [-0.2, 0) is 19.5 Å². The molecule has 0 bridgehead atoms. The molecule has 0 unspecified atom stereocenters. The average molecular weight is 338 g/mol. The summed E-state index contributed by atoms with van der Waals surface area (Å²) in [4.78, 5) is 14.4. The topological polar surface area (TPSA) is 58.0 Å². The lowest BCUT2D eigenvalue weighted by molar-refractivity contribution is 0.239. The Morgan fingerprint density at radius 3 is 2.96 bits per heavy atom. The number of fused-ring (bicyclic) bond motifs is 1. The minimum Gasteiger partial charge on any atom is -0.441 e. The fourth-order valence-electron chi connectivity index (χ4n) is 3.03. The summed E-state index contributed by atoms with van der Waals surface area (Å²) in [6.07, 6.45) is 2.83. The van der Waals surface area contributed by atoms with Gasteiger partial charge >= 0.3 is 0 Å². The molecule has 3 aromatic rings. The third-order valence-corrected chi connectivity index (χ3v) is 4.55. The highest BCUT2D eigenvalue weighted by Gasteiger charge is 2.20. The number of oxazole rings is 1. The second kappa shape index (κ2) is 6.30. The maximum absolute atomic E-state index is 5.86. The van der Waals surface area contributed by atoms with Crippen LogP contribution in [0.25, 0.3) is 11.5 Å². The van der Waals surface area contributed by atoms with Gasteiger partial charge in [0.15, 0.2) is 4.77 Å². The molecule has 1 aromatic carbocycles. The third-order valence-electron chi connectivity index (χ3n) is 4.34. The zero-order valence-corrected chi connectivity index (χ0v) is 14.3. The van der Waals surface area contributed by atoms with Gasteiger partial charge in [-0.1, -0.05) is 18.2 Å². The quantitative estimate of drug-likeness (QED) is 0.739. The van der Waals surface area contributed by atoms with Crippen molar-refractivity contribution in [1.29, 1.82) is 0 Å². The summed E-state index contributed by atoms with van der Waals surface area (Å²) < 4.78 is 6.41. The second-order valence-electron chi connectivity index (χ2n) is 6.04. The fraction of sp³-hybridized carbons (Fsp3) is 0.278. The van der Waals surface area contributed by atoms with Crippen LogP contribution in [0, 0.1) is 11.7 Å². The van der Waals surface area contributed by atoms with Crippen LogP contribution in [0.15, 0.2) is 40.9 Å². The summed E-state index contributed by atoms with van der Waals surface area (Å²) in [7, 11) is 0. The Morgan fingerprint density at radius 1 is 1.29 bits per heavy atom. The molecule has 0 radical (unpaired) electrons. The summed E-state index contributed by atoms with van der Waals surface area (Å²) in [6, 6.07) is 10.0. The highest BCUT2D eigenvalue weighted by molar-refractivity contribution is 7.71. The molecule has 122 valence electrons. The molecule has 0 spiro atoms. The summed E-state index contributed by atoms with van der Waals surface area (Å²) in [5.41, 5.74) is 4.41. The third kappa shape index (κ3) is 3.02. The zero-order valence-electron chi connectivity index (χ0n) is 13.5. The monoisotopic (exact) mass is 338 g/mol. The lowest BCUT2D eigenvalue weighted by Crippen LogP contribution is -2.31. The Bertz CT molecular complexity index is 916. The van der Waals surface area contributed by atoms with Crippen molar-refractivity contribution in [3.63, 3.8) is 0 Å². The molecule has 1 N–H and O–H groups in total. The van der Waals surface area contributed by atoms with Gasteiger partial charge in [0, 0.05) is 49.1 Å². The molecule has 0 saturated heterocycles. The minimum atomic E-state index is 0.557. The van der Waals surface area contributed by atoms with Gasteiger partial charge < -0.3 is 9.40 Å². The zero-order chi connectivity index (χ0) is 16.5. The van der Waals surface area contributed by atoms with Crippen molar-refractivity contribution >= 4 is 12.2 Å². The highest BCUT2D eigenvalue weighted by atomic mass is 32.1. The van der Waals surface area contributed by atoms with Crippen LogP contribution >= 0.6 is 12.2 Å². The second-order valence-corrected chi connectivity index (χ2v) is 6.43. The van der Waals surface area contributed by atoms with E-state index in [0.717, 1.165) is 43.1 Å². The Morgan fingerprint density at radius 2 is 2.12 bits per heavy atom. The Hall–Kier alpha value is -2.31. The molecule has 2 aromatic heterocycles. The van der Waals surface area contributed by atoms with Crippen molar-refractivity contribution in [2.24, 2.45) is 0 Å². The first kappa shape index (κ1) is 15.2. The van der Waals surface area contributed by atoms with Crippen LogP contribution in [0.2, 0.25) is 0 Å². The minimum absolute atomic E-state index is 0.557. The molecular formula is C18H18N4OS. The first-order valence-corrected chi connectivity index (χ1v) is 8.41. The van der Waals surface area contributed by atoms with Gasteiger partial charge in [-0.15, -0.1) is 0 Å². The van der Waals surface area contributed by atoms with E-state index in [2.05, 4.69) is 14.9 Å². The number of aromatic nitrogens is 3. The molecule has 6 heteroatoms. The summed E-state index contributed by atoms with van der Waals surface area (Å²) >= 11 is 5.10. The van der Waals surface area contributed by atoms with Gasteiger partial charge in [-0.25, -0.2) is 9.97 Å². The van der Waals surface area contributed by atoms with Crippen molar-refractivity contribution in [3.8, 4) is 11.5 Å². The summed E-state index contributed by atoms with van der Waals surface area (Å²) in [5.74, 6) is 1.57. The maximum atomic E-state index is 5.86. The number of hydrogen-bond donors (Lipinski definition) is 1. The molecule has 3 heterocycles. The van der Waals surface area contributed by atoms with Gasteiger partial charge in [0.05, 0.1) is 5.69 Å². The Labute approximate surface area is 145 Å². The molecule has 0 atom stereocenters. The van der Waals surface area contributed by atoms with Gasteiger partial charge in [0.1, 0.15) is 5.76 Å². The number of nitrogens with zero attached hydrogens (tertiary/aromatic N) is 3. The van der Waals surface area contributed by atoms with Crippen LogP contribution in [0.5, 0.6) is 0 Å². The molecule has 0 fully saturated rings. The normalized spacial score (nSPS) is 14.5. The van der Waals surface area contributed by atoms with E-state index in [1.54, 1.807) is 0 Å². The SMILES string of the molecule is Cc1oc(-c2ccccc2)nc1CN1CCc2[nH]c(=S)ncc2C1. The molecule has 0 saturated carbocycles. The van der Waals surface area contributed by atoms with Crippen LogP contribution in [-0.4, -0.2) is 26.4 Å². The van der Waals surface area contributed by atoms with Crippen molar-refractivity contribution < 1.29 is 4.42 Å². The van der Waals surface area contributed by atoms with Crippen LogP contribution in [0.4, 0.5) is 0 Å². The summed E-state index contributed by atoms with van der Waals surface area (Å²) in [5, 5.41) is 0. The van der Waals surface area contributed by atoms with Gasteiger partial charge in [0.2, 0.25) is 5.89 Å². The van der Waals surface area contributed by atoms with Crippen molar-refractivity contribution in [1.82, 2.24) is 19.9 Å². The molecule has 1 aliphatic rings. The van der Waals surface area contributed by atoms with Crippen molar-refractivity contribution in [3.05, 3.63) is 64.0 Å². The lowest BCUT2D eigenvalue weighted by atomic mass is 10.1. The van der Waals surface area contributed by atoms with E-state index in [9.17, 15) is 0 Å². The van der Waals surface area contributed by atoms with Crippen LogP contribution in [0.1, 0.15) is 22.7 Å². The largest absolute Gasteiger partial charge is 0.441 e. The van der Waals surface area contributed by atoms with E-state index in [-0.39, 0.29) is 0 Å². The first-order chi connectivity index (χ1) is 11.7. The van der Waals surface area contributed by atoms with Gasteiger partial charge in [0.25, 0.3) is 0 Å². The smallest absolute Gasteiger partial charge is 0.226 e. The van der Waals surface area contributed by atoms with E-state index >= 15 is 0 Å². The van der Waals surface area contributed by atoms with E-state index < -0.39 is 0 Å². The fourth-order valence-corrected chi connectivity index (χ4v) is 3.21. The standard InChI is InChI=1S/C18H18N4OS/c1-12-16(20-17(23-12)13-5-3-2-4-6-13)11-22-8-7-15-14(10-22)9-19-18(24)21-15/h2-6,9H,7-8,10-11H2,1H3,(H,19,21,24). The number of hydrogen-bond acceptors (Lipinski definition) is 5. The van der Waals surface area contributed by atoms with E-state index in [1.807, 2.05) is 43.5 Å². The predicted molar refractivity (Wildman–Crippen MR) is 93.9 cm³/mol. The molecule has 0 amide bonds. The average Bonchev–Trinajstić information content (AvgIpc) is 2.97. The number of benzene rings is 1. The lowest BCUT2D eigenvalue weighted by Gasteiger charge is -2.27. The number of aryl methyl sites for hydroxylation is 1. The molecule has 4 rings (SSSR count). The molecule has 1 aliphatic heterocycles. The number of aromatic amines is 1. The summed E-state index contributed by atoms with van der Waals surface area (Å²) in [6.45, 7) is 4.57. The highest BCUT2D eigenvalue weighted by Crippen LogP contribution is 2.24.